The van der Waals surface area contributed by atoms with Crippen molar-refractivity contribution in [2.24, 2.45) is 5.92 Å². The van der Waals surface area contributed by atoms with E-state index in [0.29, 0.717) is 30.7 Å². The minimum atomic E-state index is -0.307. The highest BCUT2D eigenvalue weighted by Gasteiger charge is 2.14. The van der Waals surface area contributed by atoms with Crippen LogP contribution in [0.4, 0.5) is 0 Å². The molecule has 18 heavy (non-hydrogen) atoms. The quantitative estimate of drug-likeness (QED) is 0.503. The van der Waals surface area contributed by atoms with Crippen LogP contribution >= 0.6 is 0 Å². The molecule has 0 aliphatic carbocycles. The molecule has 0 aromatic heterocycles. The predicted molar refractivity (Wildman–Crippen MR) is 75.6 cm³/mol. The molecule has 1 unspecified atom stereocenters. The smallest absolute Gasteiger partial charge is 0.334 e. The fraction of sp³-hybridized carbons (Fsp3) is 0.786. The summed E-state index contributed by atoms with van der Waals surface area (Å²) >= 11 is 0. The van der Waals surface area contributed by atoms with E-state index in [1.54, 1.807) is 6.92 Å². The number of nitrogens with zero attached hydrogens (tertiary/aromatic N) is 1. The molecule has 0 bridgehead atoms. The van der Waals surface area contributed by atoms with Crippen LogP contribution in [0.25, 0.3) is 0 Å². The maximum atomic E-state index is 11.4. The first-order valence-corrected chi connectivity index (χ1v) is 6.59. The number of rotatable bonds is 9. The number of hydrogen-bond acceptors (Lipinski definition) is 4. The van der Waals surface area contributed by atoms with Gasteiger partial charge in [-0.25, -0.2) is 4.79 Å². The summed E-state index contributed by atoms with van der Waals surface area (Å²) in [7, 11) is 4.10. The van der Waals surface area contributed by atoms with E-state index in [0.717, 1.165) is 13.0 Å². The van der Waals surface area contributed by atoms with Gasteiger partial charge in [0, 0.05) is 24.7 Å². The third-order valence-electron chi connectivity index (χ3n) is 2.51. The van der Waals surface area contributed by atoms with Crippen LogP contribution in [0, 0.1) is 5.92 Å². The molecular formula is C14H28N2O2. The SMILES string of the molecule is C=C(CNC(CC(C)C)CN(C)C)C(=O)OCC. The molecule has 0 radical (unpaired) electrons. The van der Waals surface area contributed by atoms with Gasteiger partial charge in [0.1, 0.15) is 0 Å². The summed E-state index contributed by atoms with van der Waals surface area (Å²) in [6.45, 7) is 11.8. The first-order chi connectivity index (χ1) is 8.36. The Labute approximate surface area is 111 Å². The van der Waals surface area contributed by atoms with Crippen LogP contribution in [0.2, 0.25) is 0 Å². The lowest BCUT2D eigenvalue weighted by atomic mass is 10.0. The van der Waals surface area contributed by atoms with Crippen LogP contribution in [-0.4, -0.2) is 50.7 Å². The van der Waals surface area contributed by atoms with Crippen LogP contribution in [0.3, 0.4) is 0 Å². The molecule has 106 valence electrons. The maximum absolute atomic E-state index is 11.4. The summed E-state index contributed by atoms with van der Waals surface area (Å²) < 4.78 is 4.91. The van der Waals surface area contributed by atoms with Gasteiger partial charge in [0.05, 0.1) is 6.61 Å². The minimum absolute atomic E-state index is 0.307. The lowest BCUT2D eigenvalue weighted by Crippen LogP contribution is -2.40. The number of carbonyl (C=O) groups is 1. The number of carbonyl (C=O) groups excluding carboxylic acids is 1. The highest BCUT2D eigenvalue weighted by atomic mass is 16.5. The summed E-state index contributed by atoms with van der Waals surface area (Å²) in [4.78, 5) is 13.6. The molecule has 4 heteroatoms. The highest BCUT2D eigenvalue weighted by molar-refractivity contribution is 5.88. The van der Waals surface area contributed by atoms with Gasteiger partial charge in [-0.1, -0.05) is 20.4 Å². The van der Waals surface area contributed by atoms with E-state index in [1.165, 1.54) is 0 Å². The van der Waals surface area contributed by atoms with Crippen molar-refractivity contribution in [1.29, 1.82) is 0 Å². The topological polar surface area (TPSA) is 41.6 Å². The second-order valence-corrected chi connectivity index (χ2v) is 5.29. The lowest BCUT2D eigenvalue weighted by Gasteiger charge is -2.24. The van der Waals surface area contributed by atoms with Crippen LogP contribution in [0.1, 0.15) is 27.2 Å². The van der Waals surface area contributed by atoms with E-state index in [4.69, 9.17) is 4.74 Å². The molecule has 1 N–H and O–H groups in total. The van der Waals surface area contributed by atoms with Crippen LogP contribution in [0.5, 0.6) is 0 Å². The Balaban J connectivity index is 4.16. The molecule has 0 spiro atoms. The number of likely N-dealkylation sites (N-methyl/N-ethyl adjacent to an activating group) is 1. The van der Waals surface area contributed by atoms with Gasteiger partial charge in [0.15, 0.2) is 0 Å². The van der Waals surface area contributed by atoms with E-state index < -0.39 is 0 Å². The Kier molecular flexibility index (Phi) is 8.67. The van der Waals surface area contributed by atoms with Crippen molar-refractivity contribution >= 4 is 5.97 Å². The molecule has 0 aromatic rings. The molecule has 0 rings (SSSR count). The normalized spacial score (nSPS) is 12.8. The molecule has 4 nitrogen and oxygen atoms in total. The summed E-state index contributed by atoms with van der Waals surface area (Å²) in [6.07, 6.45) is 1.08. The number of hydrogen-bond donors (Lipinski definition) is 1. The van der Waals surface area contributed by atoms with Gasteiger partial charge >= 0.3 is 5.97 Å². The van der Waals surface area contributed by atoms with Gasteiger partial charge in [0.25, 0.3) is 0 Å². The molecule has 0 amide bonds. The van der Waals surface area contributed by atoms with E-state index in [-0.39, 0.29) is 5.97 Å². The number of esters is 1. The predicted octanol–water partition coefficient (Wildman–Crippen LogP) is 1.67. The Bertz CT molecular complexity index is 253. The molecule has 0 heterocycles. The highest BCUT2D eigenvalue weighted by Crippen LogP contribution is 2.06. The van der Waals surface area contributed by atoms with Crippen LogP contribution in [-0.2, 0) is 9.53 Å². The zero-order chi connectivity index (χ0) is 14.1. The Morgan fingerprint density at radius 1 is 1.39 bits per heavy atom. The molecule has 0 fully saturated rings. The molecule has 0 saturated carbocycles. The monoisotopic (exact) mass is 256 g/mol. The third kappa shape index (κ3) is 8.25. The molecular weight excluding hydrogens is 228 g/mol. The van der Waals surface area contributed by atoms with Crippen molar-refractivity contribution in [2.75, 3.05) is 33.8 Å². The standard InChI is InChI=1S/C14H28N2O2/c1-7-18-14(17)12(4)9-15-13(8-11(2)3)10-16(5)6/h11,13,15H,4,7-10H2,1-3,5-6H3. The number of ether oxygens (including phenoxy) is 1. The van der Waals surface area contributed by atoms with Gasteiger partial charge in [-0.05, 0) is 33.4 Å². The summed E-state index contributed by atoms with van der Waals surface area (Å²) in [6, 6.07) is 0.367. The van der Waals surface area contributed by atoms with Gasteiger partial charge in [-0.2, -0.15) is 0 Å². The Hall–Kier alpha value is -0.870. The van der Waals surface area contributed by atoms with Crippen molar-refractivity contribution in [2.45, 2.75) is 33.2 Å². The average molecular weight is 256 g/mol. The molecule has 0 aliphatic heterocycles. The van der Waals surface area contributed by atoms with E-state index in [9.17, 15) is 4.79 Å². The zero-order valence-electron chi connectivity index (χ0n) is 12.5. The molecule has 0 aromatic carbocycles. The van der Waals surface area contributed by atoms with E-state index in [1.807, 2.05) is 0 Å². The average Bonchev–Trinajstić information content (AvgIpc) is 2.24. The fourth-order valence-electron chi connectivity index (χ4n) is 1.81. The van der Waals surface area contributed by atoms with Gasteiger partial charge in [-0.15, -0.1) is 0 Å². The fourth-order valence-corrected chi connectivity index (χ4v) is 1.81. The summed E-state index contributed by atoms with van der Waals surface area (Å²) in [5.74, 6) is 0.316. The van der Waals surface area contributed by atoms with Gasteiger partial charge < -0.3 is 15.0 Å². The minimum Gasteiger partial charge on any atom is -0.463 e. The van der Waals surface area contributed by atoms with Crippen molar-refractivity contribution in [3.05, 3.63) is 12.2 Å². The Morgan fingerprint density at radius 3 is 2.44 bits per heavy atom. The molecule has 0 aliphatic rings. The van der Waals surface area contributed by atoms with Crippen molar-refractivity contribution in [1.82, 2.24) is 10.2 Å². The zero-order valence-corrected chi connectivity index (χ0v) is 12.5. The van der Waals surface area contributed by atoms with Crippen LogP contribution in [0.15, 0.2) is 12.2 Å². The second kappa shape index (κ2) is 9.11. The first-order valence-electron chi connectivity index (χ1n) is 6.59. The maximum Gasteiger partial charge on any atom is 0.334 e. The molecule has 1 atom stereocenters. The van der Waals surface area contributed by atoms with E-state index in [2.05, 4.69) is 44.7 Å². The van der Waals surface area contributed by atoms with E-state index >= 15 is 0 Å². The summed E-state index contributed by atoms with van der Waals surface area (Å²) in [5.41, 5.74) is 0.490. The number of nitrogens with one attached hydrogen (secondary N) is 1. The third-order valence-corrected chi connectivity index (χ3v) is 2.51. The largest absolute Gasteiger partial charge is 0.463 e. The molecule has 0 saturated heterocycles. The van der Waals surface area contributed by atoms with Crippen molar-refractivity contribution in [3.8, 4) is 0 Å². The van der Waals surface area contributed by atoms with Crippen molar-refractivity contribution in [3.63, 3.8) is 0 Å². The van der Waals surface area contributed by atoms with Crippen LogP contribution < -0.4 is 5.32 Å². The van der Waals surface area contributed by atoms with Gasteiger partial charge in [-0.3, -0.25) is 0 Å². The van der Waals surface area contributed by atoms with Gasteiger partial charge in [0.2, 0.25) is 0 Å². The Morgan fingerprint density at radius 2 is 2.00 bits per heavy atom. The lowest BCUT2D eigenvalue weighted by molar-refractivity contribution is -0.138. The first kappa shape index (κ1) is 17.1. The summed E-state index contributed by atoms with van der Waals surface area (Å²) in [5, 5.41) is 3.38. The second-order valence-electron chi connectivity index (χ2n) is 5.29. The van der Waals surface area contributed by atoms with Crippen molar-refractivity contribution < 1.29 is 9.53 Å².